The Morgan fingerprint density at radius 3 is 2.93 bits per heavy atom. The molecule has 1 aliphatic rings. The predicted molar refractivity (Wildman–Crippen MR) is 50.4 cm³/mol. The van der Waals surface area contributed by atoms with Crippen molar-refractivity contribution in [1.29, 1.82) is 0 Å². The first kappa shape index (κ1) is 11.2. The molecule has 0 aromatic rings. The van der Waals surface area contributed by atoms with Crippen molar-refractivity contribution in [3.05, 3.63) is 4.91 Å². The number of carbonyl (C=O) groups is 1. The summed E-state index contributed by atoms with van der Waals surface area (Å²) in [4.78, 5) is 23.0. The number of piperidine rings is 1. The molecule has 6 nitrogen and oxygen atoms in total. The normalized spacial score (nSPS) is 28.1. The Balaban J connectivity index is 2.43. The van der Waals surface area contributed by atoms with Crippen molar-refractivity contribution in [3.8, 4) is 0 Å². The van der Waals surface area contributed by atoms with Gasteiger partial charge in [-0.2, -0.15) is 0 Å². The fourth-order valence-electron chi connectivity index (χ4n) is 1.60. The second kappa shape index (κ2) is 5.12. The average Bonchev–Trinajstić information content (AvgIpc) is 2.18. The fourth-order valence-corrected chi connectivity index (χ4v) is 2.44. The van der Waals surface area contributed by atoms with Crippen molar-refractivity contribution < 1.29 is 14.5 Å². The highest BCUT2D eigenvalue weighted by Crippen LogP contribution is 2.30. The van der Waals surface area contributed by atoms with Gasteiger partial charge in [0.05, 0.1) is 0 Å². The van der Waals surface area contributed by atoms with Crippen LogP contribution < -0.4 is 5.32 Å². The Morgan fingerprint density at radius 2 is 2.36 bits per heavy atom. The van der Waals surface area contributed by atoms with E-state index in [1.54, 1.807) is 0 Å². The van der Waals surface area contributed by atoms with Gasteiger partial charge in [0.15, 0.2) is 6.16 Å². The highest BCUT2D eigenvalue weighted by molar-refractivity contribution is 7.42. The van der Waals surface area contributed by atoms with Crippen LogP contribution in [-0.4, -0.2) is 29.8 Å². The summed E-state index contributed by atoms with van der Waals surface area (Å²) in [5.41, 5.74) is 0. The SMILES string of the molecule is O=N[P+](=O)C[C@H]1CCN[C@@H](C(=O)O)C1. The number of hydrogen-bond donors (Lipinski definition) is 2. The van der Waals surface area contributed by atoms with Crippen LogP contribution in [0.3, 0.4) is 0 Å². The summed E-state index contributed by atoms with van der Waals surface area (Å²) < 4.78 is 10.9. The van der Waals surface area contributed by atoms with Crippen LogP contribution in [0.4, 0.5) is 0 Å². The molecule has 0 amide bonds. The Labute approximate surface area is 81.9 Å². The molecule has 1 aliphatic heterocycles. The standard InChI is InChI=1S/C7H11N2O4P/c10-7(11)6-3-5(1-2-8-6)4-14(13)9-12/h5-6,8H,1-4H2/p+1/t5-,6+/m0/s1. The quantitative estimate of drug-likeness (QED) is 0.542. The van der Waals surface area contributed by atoms with Gasteiger partial charge < -0.3 is 10.4 Å². The Bertz CT molecular complexity index is 258. The van der Waals surface area contributed by atoms with E-state index in [0.29, 0.717) is 13.0 Å². The second-order valence-electron chi connectivity index (χ2n) is 3.35. The topological polar surface area (TPSA) is 95.8 Å². The lowest BCUT2D eigenvalue weighted by molar-refractivity contribution is -0.140. The van der Waals surface area contributed by atoms with Gasteiger partial charge in [-0.05, 0) is 24.0 Å². The molecule has 7 heteroatoms. The fraction of sp³-hybridized carbons (Fsp3) is 0.857. The monoisotopic (exact) mass is 219 g/mol. The molecular weight excluding hydrogens is 207 g/mol. The minimum absolute atomic E-state index is 0.0265. The van der Waals surface area contributed by atoms with E-state index in [4.69, 9.17) is 5.11 Å². The van der Waals surface area contributed by atoms with E-state index in [1.165, 1.54) is 0 Å². The third-order valence-corrected chi connectivity index (χ3v) is 3.33. The van der Waals surface area contributed by atoms with Gasteiger partial charge in [0.25, 0.3) is 0 Å². The van der Waals surface area contributed by atoms with Crippen molar-refractivity contribution in [3.63, 3.8) is 0 Å². The molecule has 1 rings (SSSR count). The number of rotatable bonds is 4. The van der Waals surface area contributed by atoms with E-state index < -0.39 is 20.0 Å². The molecule has 0 aromatic carbocycles. The number of nitroso groups, excluding NO2 is 1. The maximum atomic E-state index is 10.9. The van der Waals surface area contributed by atoms with Crippen LogP contribution in [0.2, 0.25) is 0 Å². The zero-order valence-electron chi connectivity index (χ0n) is 7.55. The van der Waals surface area contributed by atoms with Crippen LogP contribution in [0.25, 0.3) is 0 Å². The van der Waals surface area contributed by atoms with Gasteiger partial charge in [-0.3, -0.25) is 4.79 Å². The van der Waals surface area contributed by atoms with Gasteiger partial charge in [0.2, 0.25) is 4.95 Å². The lowest BCUT2D eigenvalue weighted by Crippen LogP contribution is -2.43. The molecule has 78 valence electrons. The number of carboxylic acid groups (broad SMARTS) is 1. The smallest absolute Gasteiger partial charge is 0.480 e. The Kier molecular flexibility index (Phi) is 4.10. The van der Waals surface area contributed by atoms with Gasteiger partial charge >= 0.3 is 13.9 Å². The molecule has 1 fully saturated rings. The van der Waals surface area contributed by atoms with Gasteiger partial charge in [-0.1, -0.05) is 4.91 Å². The van der Waals surface area contributed by atoms with Crippen molar-refractivity contribution in [2.75, 3.05) is 12.7 Å². The molecule has 0 aromatic heterocycles. The highest BCUT2D eigenvalue weighted by atomic mass is 31.1. The molecule has 0 bridgehead atoms. The second-order valence-corrected chi connectivity index (χ2v) is 4.58. The van der Waals surface area contributed by atoms with Gasteiger partial charge in [-0.15, -0.1) is 0 Å². The number of nitrogens with zero attached hydrogens (tertiary/aromatic N) is 1. The van der Waals surface area contributed by atoms with Crippen LogP contribution in [0.5, 0.6) is 0 Å². The summed E-state index contributed by atoms with van der Waals surface area (Å²) in [6, 6.07) is -0.580. The Morgan fingerprint density at radius 1 is 1.64 bits per heavy atom. The van der Waals surface area contributed by atoms with Crippen molar-refractivity contribution >= 4 is 13.9 Å². The number of hydrogen-bond acceptors (Lipinski definition) is 4. The molecule has 1 heterocycles. The van der Waals surface area contributed by atoms with E-state index in [0.717, 1.165) is 6.42 Å². The third kappa shape index (κ3) is 3.12. The largest absolute Gasteiger partial charge is 0.526 e. The minimum atomic E-state index is -2.04. The summed E-state index contributed by atoms with van der Waals surface area (Å²) in [7, 11) is -2.04. The predicted octanol–water partition coefficient (Wildman–Crippen LogP) is 0.948. The van der Waals surface area contributed by atoms with Gasteiger partial charge in [-0.25, -0.2) is 0 Å². The summed E-state index contributed by atoms with van der Waals surface area (Å²) in [5, 5.41) is 11.6. The molecule has 1 unspecified atom stereocenters. The van der Waals surface area contributed by atoms with Crippen molar-refractivity contribution in [1.82, 2.24) is 5.32 Å². The van der Waals surface area contributed by atoms with Crippen LogP contribution in [0, 0.1) is 10.8 Å². The number of carboxylic acids is 1. The van der Waals surface area contributed by atoms with Crippen LogP contribution in [0.15, 0.2) is 4.95 Å². The molecule has 0 aliphatic carbocycles. The van der Waals surface area contributed by atoms with Gasteiger partial charge in [0.1, 0.15) is 6.04 Å². The van der Waals surface area contributed by atoms with Crippen LogP contribution >= 0.6 is 7.95 Å². The van der Waals surface area contributed by atoms with Crippen molar-refractivity contribution in [2.24, 2.45) is 10.9 Å². The molecule has 0 saturated carbocycles. The zero-order chi connectivity index (χ0) is 10.6. The number of aliphatic carboxylic acids is 1. The summed E-state index contributed by atoms with van der Waals surface area (Å²) >= 11 is 0. The molecule has 0 spiro atoms. The zero-order valence-corrected chi connectivity index (χ0v) is 8.44. The molecule has 14 heavy (non-hydrogen) atoms. The van der Waals surface area contributed by atoms with E-state index in [2.05, 4.69) is 10.3 Å². The third-order valence-electron chi connectivity index (χ3n) is 2.32. The maximum Gasteiger partial charge on any atom is 0.526 e. The number of nitrogens with one attached hydrogen (secondary N) is 1. The first-order valence-electron chi connectivity index (χ1n) is 4.37. The van der Waals surface area contributed by atoms with Crippen LogP contribution in [-0.2, 0) is 9.36 Å². The van der Waals surface area contributed by atoms with Crippen LogP contribution in [0.1, 0.15) is 12.8 Å². The van der Waals surface area contributed by atoms with E-state index in [-0.39, 0.29) is 12.1 Å². The lowest BCUT2D eigenvalue weighted by atomic mass is 9.94. The van der Waals surface area contributed by atoms with Crippen molar-refractivity contribution in [2.45, 2.75) is 18.9 Å². The Hall–Kier alpha value is -0.870. The van der Waals surface area contributed by atoms with E-state index >= 15 is 0 Å². The van der Waals surface area contributed by atoms with Gasteiger partial charge in [0, 0.05) is 5.92 Å². The molecular formula is C7H12N2O4P+. The molecule has 1 saturated heterocycles. The maximum absolute atomic E-state index is 10.9. The first-order chi connectivity index (χ1) is 6.63. The first-order valence-corrected chi connectivity index (χ1v) is 5.77. The molecule has 3 atom stereocenters. The summed E-state index contributed by atoms with van der Waals surface area (Å²) in [6.45, 7) is 0.587. The average molecular weight is 219 g/mol. The van der Waals surface area contributed by atoms with E-state index in [9.17, 15) is 14.3 Å². The minimum Gasteiger partial charge on any atom is -0.480 e. The molecule has 2 N–H and O–H groups in total. The lowest BCUT2D eigenvalue weighted by Gasteiger charge is -2.24. The summed E-state index contributed by atoms with van der Waals surface area (Å²) in [5.74, 6) is -0.873. The highest BCUT2D eigenvalue weighted by Gasteiger charge is 2.32. The summed E-state index contributed by atoms with van der Waals surface area (Å²) in [6.07, 6.45) is 1.39. The molecule has 0 radical (unpaired) electrons. The van der Waals surface area contributed by atoms with E-state index in [1.807, 2.05) is 0 Å².